The minimum absolute atomic E-state index is 0.00959. The molecule has 2 N–H and O–H groups in total. The Morgan fingerprint density at radius 2 is 1.85 bits per heavy atom. The Kier molecular flexibility index (Phi) is 4.08. The van der Waals surface area contributed by atoms with E-state index in [1.165, 1.54) is 5.56 Å². The number of nitrogen functional groups attached to an aromatic ring is 1. The summed E-state index contributed by atoms with van der Waals surface area (Å²) in [7, 11) is 0. The molecule has 0 saturated heterocycles. The average molecular weight is 268 g/mol. The van der Waals surface area contributed by atoms with E-state index < -0.39 is 0 Å². The predicted molar refractivity (Wildman–Crippen MR) is 84.7 cm³/mol. The zero-order valence-corrected chi connectivity index (χ0v) is 12.2. The van der Waals surface area contributed by atoms with Crippen LogP contribution < -0.4 is 10.6 Å². The summed E-state index contributed by atoms with van der Waals surface area (Å²) in [6.07, 6.45) is 0. The quantitative estimate of drug-likeness (QED) is 0.675. The smallest absolute Gasteiger partial charge is 0.161 e. The second kappa shape index (κ2) is 5.78. The summed E-state index contributed by atoms with van der Waals surface area (Å²) < 4.78 is 0. The van der Waals surface area contributed by atoms with Gasteiger partial charge >= 0.3 is 0 Å². The molecule has 3 heteroatoms. The molecule has 3 nitrogen and oxygen atoms in total. The van der Waals surface area contributed by atoms with Crippen LogP contribution in [0.4, 0.5) is 17.1 Å². The normalized spacial score (nSPS) is 10.3. The Hall–Kier alpha value is -2.29. The minimum Gasteiger partial charge on any atom is -0.398 e. The standard InChI is InChI=1S/C17H20N2O/c1-4-19(14-7-5-6-12(2)10-14)15-8-9-17(18)16(11-15)13(3)20/h5-11H,4,18H2,1-3H3. The maximum atomic E-state index is 11.6. The van der Waals surface area contributed by atoms with E-state index in [-0.39, 0.29) is 5.78 Å². The van der Waals surface area contributed by atoms with Gasteiger partial charge in [-0.3, -0.25) is 4.79 Å². The number of hydrogen-bond acceptors (Lipinski definition) is 3. The van der Waals surface area contributed by atoms with Gasteiger partial charge in [-0.05, 0) is 56.7 Å². The van der Waals surface area contributed by atoms with Crippen LogP contribution in [-0.4, -0.2) is 12.3 Å². The van der Waals surface area contributed by atoms with Crippen molar-refractivity contribution in [3.05, 3.63) is 53.6 Å². The summed E-state index contributed by atoms with van der Waals surface area (Å²) in [5, 5.41) is 0. The zero-order valence-electron chi connectivity index (χ0n) is 12.2. The largest absolute Gasteiger partial charge is 0.398 e. The fourth-order valence-corrected chi connectivity index (χ4v) is 2.33. The number of hydrogen-bond donors (Lipinski definition) is 1. The Balaban J connectivity index is 2.47. The summed E-state index contributed by atoms with van der Waals surface area (Å²) in [4.78, 5) is 13.8. The Labute approximate surface area is 120 Å². The number of benzene rings is 2. The van der Waals surface area contributed by atoms with Crippen LogP contribution in [0, 0.1) is 6.92 Å². The number of nitrogens with two attached hydrogens (primary N) is 1. The van der Waals surface area contributed by atoms with Gasteiger partial charge in [-0.1, -0.05) is 12.1 Å². The Morgan fingerprint density at radius 3 is 2.45 bits per heavy atom. The molecular weight excluding hydrogens is 248 g/mol. The van der Waals surface area contributed by atoms with Gasteiger partial charge in [0.15, 0.2) is 5.78 Å². The maximum absolute atomic E-state index is 11.6. The van der Waals surface area contributed by atoms with Crippen molar-refractivity contribution >= 4 is 22.8 Å². The van der Waals surface area contributed by atoms with Crippen LogP contribution in [0.3, 0.4) is 0 Å². The second-order valence-electron chi connectivity index (χ2n) is 4.91. The number of nitrogens with zero attached hydrogens (tertiary/aromatic N) is 1. The van der Waals surface area contributed by atoms with Gasteiger partial charge in [0.1, 0.15) is 0 Å². The Morgan fingerprint density at radius 1 is 1.15 bits per heavy atom. The third-order valence-corrected chi connectivity index (χ3v) is 3.36. The summed E-state index contributed by atoms with van der Waals surface area (Å²) in [5.74, 6) is -0.00959. The van der Waals surface area contributed by atoms with E-state index in [1.807, 2.05) is 18.2 Å². The van der Waals surface area contributed by atoms with E-state index in [0.29, 0.717) is 11.3 Å². The lowest BCUT2D eigenvalue weighted by atomic mass is 10.1. The molecule has 0 radical (unpaired) electrons. The number of ketones is 1. The van der Waals surface area contributed by atoms with E-state index >= 15 is 0 Å². The number of carbonyl (C=O) groups excluding carboxylic acids is 1. The fourth-order valence-electron chi connectivity index (χ4n) is 2.33. The van der Waals surface area contributed by atoms with Gasteiger partial charge in [0.25, 0.3) is 0 Å². The summed E-state index contributed by atoms with van der Waals surface area (Å²) in [6.45, 7) is 6.52. The molecule has 0 spiro atoms. The van der Waals surface area contributed by atoms with Crippen LogP contribution in [0.25, 0.3) is 0 Å². The van der Waals surface area contributed by atoms with Gasteiger partial charge in [0.2, 0.25) is 0 Å². The van der Waals surface area contributed by atoms with Crippen molar-refractivity contribution in [3.8, 4) is 0 Å². The molecule has 0 bridgehead atoms. The van der Waals surface area contributed by atoms with Crippen molar-refractivity contribution in [2.45, 2.75) is 20.8 Å². The van der Waals surface area contributed by atoms with Gasteiger partial charge in [0, 0.05) is 29.2 Å². The van der Waals surface area contributed by atoms with E-state index in [0.717, 1.165) is 17.9 Å². The summed E-state index contributed by atoms with van der Waals surface area (Å²) in [5.41, 5.74) is 10.3. The van der Waals surface area contributed by atoms with Crippen molar-refractivity contribution < 1.29 is 4.79 Å². The molecule has 0 aromatic heterocycles. The molecule has 0 aliphatic rings. The highest BCUT2D eigenvalue weighted by atomic mass is 16.1. The molecule has 0 heterocycles. The third kappa shape index (κ3) is 2.82. The molecule has 0 fully saturated rings. The van der Waals surface area contributed by atoms with Gasteiger partial charge in [0.05, 0.1) is 0 Å². The van der Waals surface area contributed by atoms with Crippen molar-refractivity contribution in [2.75, 3.05) is 17.2 Å². The molecule has 0 saturated carbocycles. The van der Waals surface area contributed by atoms with Crippen molar-refractivity contribution in [3.63, 3.8) is 0 Å². The van der Waals surface area contributed by atoms with Crippen molar-refractivity contribution in [1.29, 1.82) is 0 Å². The molecular formula is C17H20N2O. The highest BCUT2D eigenvalue weighted by Crippen LogP contribution is 2.28. The van der Waals surface area contributed by atoms with E-state index in [9.17, 15) is 4.79 Å². The first-order valence-corrected chi connectivity index (χ1v) is 6.77. The number of rotatable bonds is 4. The number of aryl methyl sites for hydroxylation is 1. The average Bonchev–Trinajstić information content (AvgIpc) is 2.41. The van der Waals surface area contributed by atoms with Crippen LogP contribution in [0.2, 0.25) is 0 Å². The topological polar surface area (TPSA) is 46.3 Å². The molecule has 0 unspecified atom stereocenters. The molecule has 104 valence electrons. The van der Waals surface area contributed by atoms with Crippen molar-refractivity contribution in [1.82, 2.24) is 0 Å². The van der Waals surface area contributed by atoms with Crippen LogP contribution >= 0.6 is 0 Å². The number of carbonyl (C=O) groups is 1. The van der Waals surface area contributed by atoms with E-state index in [1.54, 1.807) is 13.0 Å². The lowest BCUT2D eigenvalue weighted by molar-refractivity contribution is 0.101. The number of anilines is 3. The minimum atomic E-state index is -0.00959. The van der Waals surface area contributed by atoms with Crippen LogP contribution in [0.15, 0.2) is 42.5 Å². The molecule has 2 rings (SSSR count). The van der Waals surface area contributed by atoms with Gasteiger partial charge in [-0.2, -0.15) is 0 Å². The van der Waals surface area contributed by atoms with Gasteiger partial charge in [-0.15, -0.1) is 0 Å². The third-order valence-electron chi connectivity index (χ3n) is 3.36. The van der Waals surface area contributed by atoms with Crippen LogP contribution in [0.1, 0.15) is 29.8 Å². The molecule has 20 heavy (non-hydrogen) atoms. The monoisotopic (exact) mass is 268 g/mol. The molecule has 2 aromatic carbocycles. The predicted octanol–water partition coefficient (Wildman–Crippen LogP) is 3.94. The summed E-state index contributed by atoms with van der Waals surface area (Å²) >= 11 is 0. The maximum Gasteiger partial charge on any atom is 0.161 e. The van der Waals surface area contributed by atoms with Gasteiger partial charge in [-0.25, -0.2) is 0 Å². The van der Waals surface area contributed by atoms with Crippen LogP contribution in [0.5, 0.6) is 0 Å². The molecule has 0 amide bonds. The highest BCUT2D eigenvalue weighted by molar-refractivity contribution is 6.00. The zero-order chi connectivity index (χ0) is 14.7. The van der Waals surface area contributed by atoms with E-state index in [2.05, 4.69) is 36.9 Å². The van der Waals surface area contributed by atoms with Crippen LogP contribution in [-0.2, 0) is 0 Å². The van der Waals surface area contributed by atoms with Gasteiger partial charge < -0.3 is 10.6 Å². The highest BCUT2D eigenvalue weighted by Gasteiger charge is 2.11. The first-order chi connectivity index (χ1) is 9.52. The first kappa shape index (κ1) is 14.1. The first-order valence-electron chi connectivity index (χ1n) is 6.77. The molecule has 0 aliphatic carbocycles. The molecule has 0 aliphatic heterocycles. The second-order valence-corrected chi connectivity index (χ2v) is 4.91. The molecule has 0 atom stereocenters. The summed E-state index contributed by atoms with van der Waals surface area (Å²) in [6, 6.07) is 13.9. The SMILES string of the molecule is CCN(c1cccc(C)c1)c1ccc(N)c(C(C)=O)c1. The van der Waals surface area contributed by atoms with E-state index in [4.69, 9.17) is 5.73 Å². The fraction of sp³-hybridized carbons (Fsp3) is 0.235. The number of Topliss-reactive ketones (excluding diaryl/α,β-unsaturated/α-hetero) is 1. The lowest BCUT2D eigenvalue weighted by Crippen LogP contribution is -2.16. The lowest BCUT2D eigenvalue weighted by Gasteiger charge is -2.24. The van der Waals surface area contributed by atoms with Crippen molar-refractivity contribution in [2.24, 2.45) is 0 Å². The Bertz CT molecular complexity index is 635. The molecule has 2 aromatic rings.